The normalized spacial score (nSPS) is 18.2. The Balaban J connectivity index is 1.44. The van der Waals surface area contributed by atoms with Crippen molar-refractivity contribution in [3.8, 4) is 0 Å². The number of fused-ring (bicyclic) bond motifs is 1. The van der Waals surface area contributed by atoms with Crippen LogP contribution in [0.1, 0.15) is 26.5 Å². The van der Waals surface area contributed by atoms with Crippen molar-refractivity contribution in [3.63, 3.8) is 0 Å². The molecule has 0 radical (unpaired) electrons. The van der Waals surface area contributed by atoms with Gasteiger partial charge in [-0.2, -0.15) is 0 Å². The van der Waals surface area contributed by atoms with Gasteiger partial charge < -0.3 is 30.6 Å². The molecule has 2 aromatic heterocycles. The molecule has 0 spiro atoms. The Morgan fingerprint density at radius 1 is 1.32 bits per heavy atom. The zero-order valence-corrected chi connectivity index (χ0v) is 26.2. The molecule has 2 aliphatic rings. The van der Waals surface area contributed by atoms with Crippen LogP contribution in [-0.2, 0) is 35.8 Å². The highest BCUT2D eigenvalue weighted by molar-refractivity contribution is 8.01. The van der Waals surface area contributed by atoms with Crippen molar-refractivity contribution in [1.29, 1.82) is 0 Å². The average Bonchev–Trinajstić information content (AvgIpc) is 3.59. The summed E-state index contributed by atoms with van der Waals surface area (Å²) in [5, 5.41) is 33.9. The lowest BCUT2D eigenvalue weighted by Crippen LogP contribution is -2.71. The van der Waals surface area contributed by atoms with Crippen molar-refractivity contribution in [3.05, 3.63) is 22.3 Å². The van der Waals surface area contributed by atoms with E-state index >= 15 is 0 Å². The van der Waals surface area contributed by atoms with Gasteiger partial charge in [0, 0.05) is 23.9 Å². The molecule has 0 aliphatic carbocycles. The van der Waals surface area contributed by atoms with Gasteiger partial charge in [-0.25, -0.2) is 19.3 Å². The fourth-order valence-corrected chi connectivity index (χ4v) is 6.82. The van der Waals surface area contributed by atoms with E-state index < -0.39 is 40.9 Å². The minimum atomic E-state index is -1.27. The number of β-lactam (4-membered cyclic amide) rings is 1. The number of aromatic nitrogens is 5. The zero-order valence-electron chi connectivity index (χ0n) is 23.8. The molecule has 1 saturated heterocycles. The number of nitrogens with one attached hydrogen (secondary N) is 3. The number of carbonyl (C=O) groups excluding carboxylic acids is 4. The molecule has 2 aliphatic heterocycles. The highest BCUT2D eigenvalue weighted by Gasteiger charge is 2.54. The summed E-state index contributed by atoms with van der Waals surface area (Å²) in [5.74, 6) is -2.16. The van der Waals surface area contributed by atoms with E-state index in [-0.39, 0.29) is 41.1 Å². The second-order valence-electron chi connectivity index (χ2n) is 9.99. The summed E-state index contributed by atoms with van der Waals surface area (Å²) < 4.78 is 6.59. The Labute approximate surface area is 262 Å². The molecule has 0 saturated carbocycles. The average molecular weight is 669 g/mol. The number of aryl methyl sites for hydroxylation is 1. The second-order valence-corrected chi connectivity index (χ2v) is 12.9. The summed E-state index contributed by atoms with van der Waals surface area (Å²) in [6, 6.07) is -1.05. The number of thiazole rings is 1. The number of alkyl carbamates (subject to hydrolysis) is 1. The third kappa shape index (κ3) is 7.82. The van der Waals surface area contributed by atoms with Gasteiger partial charge >= 0.3 is 12.1 Å². The maximum Gasteiger partial charge on any atom is 0.407 e. The lowest BCUT2D eigenvalue weighted by molar-refractivity contribution is -0.150. The number of thioether (sulfide) groups is 2. The summed E-state index contributed by atoms with van der Waals surface area (Å²) in [4.78, 5) is 71.9. The first-order valence-electron chi connectivity index (χ1n) is 12.8. The van der Waals surface area contributed by atoms with Crippen molar-refractivity contribution < 1.29 is 38.7 Å². The van der Waals surface area contributed by atoms with Crippen LogP contribution in [-0.4, -0.2) is 113 Å². The van der Waals surface area contributed by atoms with Crippen LogP contribution < -0.4 is 16.0 Å². The minimum Gasteiger partial charge on any atom is -0.477 e. The number of carbonyl (C=O) groups is 5. The third-order valence-corrected chi connectivity index (χ3v) is 8.86. The maximum atomic E-state index is 13.3. The molecule has 44 heavy (non-hydrogen) atoms. The predicted molar refractivity (Wildman–Crippen MR) is 158 cm³/mol. The number of nitrogens with zero attached hydrogens (tertiary/aromatic N) is 7. The second kappa shape index (κ2) is 14.0. The molecule has 2 atom stereocenters. The number of anilines is 1. The molecule has 1 fully saturated rings. The number of oxime groups is 1. The molecule has 1 unspecified atom stereocenters. The predicted octanol–water partition coefficient (Wildman–Crippen LogP) is 0.0112. The quantitative estimate of drug-likeness (QED) is 0.0550. The van der Waals surface area contributed by atoms with Gasteiger partial charge in [-0.05, 0) is 36.8 Å². The van der Waals surface area contributed by atoms with Crippen LogP contribution in [0, 0.1) is 0 Å². The first-order chi connectivity index (χ1) is 20.9. The van der Waals surface area contributed by atoms with Crippen molar-refractivity contribution in [2.45, 2.75) is 42.9 Å². The fraction of sp³-hybridized carbons (Fsp3) is 0.478. The highest BCUT2D eigenvalue weighted by Crippen LogP contribution is 2.41. The topological polar surface area (TPSA) is 232 Å². The number of rotatable bonds is 13. The van der Waals surface area contributed by atoms with Crippen molar-refractivity contribution in [2.75, 3.05) is 30.0 Å². The van der Waals surface area contributed by atoms with E-state index in [0.717, 1.165) is 16.2 Å². The van der Waals surface area contributed by atoms with E-state index in [1.807, 2.05) is 0 Å². The number of carboxylic acid groups (broad SMARTS) is 1. The van der Waals surface area contributed by atoms with Crippen LogP contribution in [0.25, 0.3) is 0 Å². The van der Waals surface area contributed by atoms with E-state index in [1.165, 1.54) is 33.6 Å². The van der Waals surface area contributed by atoms with Gasteiger partial charge in [-0.3, -0.25) is 19.3 Å². The molecule has 4 rings (SSSR count). The lowest BCUT2D eigenvalue weighted by Gasteiger charge is -2.49. The first-order valence-corrected chi connectivity index (χ1v) is 15.7. The van der Waals surface area contributed by atoms with E-state index in [1.54, 1.807) is 27.8 Å². The minimum absolute atomic E-state index is 0.00913. The van der Waals surface area contributed by atoms with Crippen LogP contribution in [0.5, 0.6) is 0 Å². The van der Waals surface area contributed by atoms with Crippen LogP contribution in [0.3, 0.4) is 0 Å². The number of tetrazole rings is 1. The first kappa shape index (κ1) is 32.7. The molecule has 18 nitrogen and oxygen atoms in total. The fourth-order valence-electron chi connectivity index (χ4n) is 3.83. The van der Waals surface area contributed by atoms with E-state index in [2.05, 4.69) is 41.6 Å². The van der Waals surface area contributed by atoms with Gasteiger partial charge in [0.05, 0.1) is 6.54 Å². The smallest absolute Gasteiger partial charge is 0.407 e. The van der Waals surface area contributed by atoms with Crippen molar-refractivity contribution in [2.24, 2.45) is 12.2 Å². The largest absolute Gasteiger partial charge is 0.477 e. The van der Waals surface area contributed by atoms with Crippen molar-refractivity contribution >= 4 is 76.0 Å². The Hall–Kier alpha value is -4.24. The number of hydrogen-bond acceptors (Lipinski definition) is 15. The van der Waals surface area contributed by atoms with Gasteiger partial charge in [-0.15, -0.1) is 28.2 Å². The molecule has 236 valence electrons. The molecule has 21 heteroatoms. The Bertz CT molecular complexity index is 1500. The van der Waals surface area contributed by atoms with Crippen molar-refractivity contribution in [1.82, 2.24) is 40.7 Å². The molecule has 4 heterocycles. The summed E-state index contributed by atoms with van der Waals surface area (Å²) in [6.45, 7) is 5.03. The van der Waals surface area contributed by atoms with Crippen LogP contribution >= 0.6 is 34.9 Å². The molecular weight excluding hydrogens is 641 g/mol. The SMILES string of the molecule is Cn1nnnc1SCC1=C(C(=O)O)N2C(=O)C(NC(=O)C(=NOCCNC(=O)OC(C)(C)C)c3csc(NC=O)n3)[C@H]2SC1. The van der Waals surface area contributed by atoms with E-state index in [4.69, 9.17) is 9.57 Å². The summed E-state index contributed by atoms with van der Waals surface area (Å²) in [6.07, 6.45) is -0.239. The van der Waals surface area contributed by atoms with Crippen LogP contribution in [0.15, 0.2) is 27.0 Å². The van der Waals surface area contributed by atoms with E-state index in [0.29, 0.717) is 22.9 Å². The standard InChI is InChI=1S/C23H28N10O8S3/c1-23(2,3)41-22(39)24-5-6-40-29-13(12-9-43-20(26-12)25-10-34)16(35)27-14-17(36)33-15(19(37)38)11(7-42-18(14)33)8-44-21-28-30-31-32(21)4/h9-10,14,18H,5-8H2,1-4H3,(H,24,39)(H,27,35)(H,37,38)(H,25,26,34)/t14?,18-/m1/s1. The van der Waals surface area contributed by atoms with Gasteiger partial charge in [0.1, 0.15) is 35.0 Å². The van der Waals surface area contributed by atoms with Crippen LogP contribution in [0.4, 0.5) is 9.93 Å². The molecule has 4 N–H and O–H groups in total. The van der Waals surface area contributed by atoms with Crippen LogP contribution in [0.2, 0.25) is 0 Å². The van der Waals surface area contributed by atoms with Gasteiger partial charge in [0.15, 0.2) is 10.8 Å². The maximum absolute atomic E-state index is 13.3. The van der Waals surface area contributed by atoms with E-state index in [9.17, 15) is 29.1 Å². The lowest BCUT2D eigenvalue weighted by atomic mass is 10.0. The number of aliphatic carboxylic acids is 1. The molecule has 0 bridgehead atoms. The third-order valence-electron chi connectivity index (χ3n) is 5.65. The summed E-state index contributed by atoms with van der Waals surface area (Å²) in [7, 11) is 1.65. The summed E-state index contributed by atoms with van der Waals surface area (Å²) in [5.41, 5.74) is -0.564. The monoisotopic (exact) mass is 668 g/mol. The molecular formula is C23H28N10O8S3. The number of hydrogen-bond donors (Lipinski definition) is 4. The number of ether oxygens (including phenoxy) is 1. The van der Waals surface area contributed by atoms with Gasteiger partial charge in [0.2, 0.25) is 11.6 Å². The molecule has 0 aromatic carbocycles. The Kier molecular flexibility index (Phi) is 10.4. The summed E-state index contributed by atoms with van der Waals surface area (Å²) >= 11 is 3.56. The zero-order chi connectivity index (χ0) is 32.0. The Morgan fingerprint density at radius 2 is 2.09 bits per heavy atom. The molecule has 2 aromatic rings. The Morgan fingerprint density at radius 3 is 2.75 bits per heavy atom. The number of carboxylic acids is 1. The molecule has 4 amide bonds. The van der Waals surface area contributed by atoms with Gasteiger partial charge in [-0.1, -0.05) is 16.9 Å². The van der Waals surface area contributed by atoms with Gasteiger partial charge in [0.25, 0.3) is 11.8 Å². The number of amides is 4. The highest BCUT2D eigenvalue weighted by atomic mass is 32.2.